The molecular formula is C14H12BrFO. The molecule has 0 N–H and O–H groups in total. The summed E-state index contributed by atoms with van der Waals surface area (Å²) in [5.41, 5.74) is 2.27. The number of aryl methyl sites for hydroxylation is 1. The van der Waals surface area contributed by atoms with Crippen molar-refractivity contribution in [3.05, 3.63) is 63.9 Å². The molecule has 2 rings (SSSR count). The predicted octanol–water partition coefficient (Wildman–Crippen LogP) is 4.48. The van der Waals surface area contributed by atoms with E-state index in [0.717, 1.165) is 10.0 Å². The second kappa shape index (κ2) is 5.32. The Labute approximate surface area is 108 Å². The molecule has 0 amide bonds. The lowest BCUT2D eigenvalue weighted by atomic mass is 10.2. The summed E-state index contributed by atoms with van der Waals surface area (Å²) < 4.78 is 19.3. The number of halogens is 2. The first kappa shape index (κ1) is 12.1. The molecule has 0 spiro atoms. The highest BCUT2D eigenvalue weighted by molar-refractivity contribution is 9.10. The molecule has 88 valence electrons. The number of hydrogen-bond acceptors (Lipinski definition) is 1. The summed E-state index contributed by atoms with van der Waals surface area (Å²) in [7, 11) is 0. The van der Waals surface area contributed by atoms with Crippen LogP contribution in [0.4, 0.5) is 4.39 Å². The van der Waals surface area contributed by atoms with E-state index in [1.807, 2.05) is 31.2 Å². The molecule has 0 aliphatic heterocycles. The van der Waals surface area contributed by atoms with Gasteiger partial charge in [-0.2, -0.15) is 0 Å². The minimum absolute atomic E-state index is 0.299. The summed E-state index contributed by atoms with van der Waals surface area (Å²) in [5.74, 6) is 0.220. The van der Waals surface area contributed by atoms with Crippen molar-refractivity contribution in [1.82, 2.24) is 0 Å². The maximum Gasteiger partial charge on any atom is 0.136 e. The smallest absolute Gasteiger partial charge is 0.136 e. The van der Waals surface area contributed by atoms with Crippen molar-refractivity contribution in [3.63, 3.8) is 0 Å². The molecule has 2 aromatic rings. The Morgan fingerprint density at radius 3 is 2.53 bits per heavy atom. The third kappa shape index (κ3) is 3.30. The molecule has 0 fully saturated rings. The van der Waals surface area contributed by atoms with E-state index < -0.39 is 0 Å². The zero-order valence-electron chi connectivity index (χ0n) is 9.41. The van der Waals surface area contributed by atoms with Crippen LogP contribution in [-0.4, -0.2) is 0 Å². The monoisotopic (exact) mass is 294 g/mol. The highest BCUT2D eigenvalue weighted by Gasteiger charge is 2.03. The van der Waals surface area contributed by atoms with Crippen LogP contribution in [0.3, 0.4) is 0 Å². The Hall–Kier alpha value is -1.35. The fraction of sp³-hybridized carbons (Fsp3) is 0.143. The lowest BCUT2D eigenvalue weighted by Gasteiger charge is -2.08. The maximum absolute atomic E-state index is 13.0. The van der Waals surface area contributed by atoms with E-state index in [1.165, 1.54) is 17.7 Å². The van der Waals surface area contributed by atoms with Crippen LogP contribution >= 0.6 is 15.9 Å². The minimum atomic E-state index is -0.299. The van der Waals surface area contributed by atoms with Gasteiger partial charge in [0.05, 0.1) is 4.47 Å². The van der Waals surface area contributed by atoms with Crippen molar-refractivity contribution >= 4 is 15.9 Å². The SMILES string of the molecule is Cc1ccc(COc2cc(F)ccc2Br)cc1. The molecule has 2 aromatic carbocycles. The van der Waals surface area contributed by atoms with Crippen molar-refractivity contribution < 1.29 is 9.13 Å². The van der Waals surface area contributed by atoms with E-state index in [9.17, 15) is 4.39 Å². The van der Waals surface area contributed by atoms with E-state index in [1.54, 1.807) is 6.07 Å². The van der Waals surface area contributed by atoms with E-state index in [0.29, 0.717) is 12.4 Å². The van der Waals surface area contributed by atoms with Crippen LogP contribution in [0, 0.1) is 12.7 Å². The van der Waals surface area contributed by atoms with Gasteiger partial charge in [-0.3, -0.25) is 0 Å². The van der Waals surface area contributed by atoms with Gasteiger partial charge in [-0.05, 0) is 40.5 Å². The van der Waals surface area contributed by atoms with Crippen molar-refractivity contribution in [2.45, 2.75) is 13.5 Å². The molecule has 3 heteroatoms. The van der Waals surface area contributed by atoms with E-state index in [2.05, 4.69) is 15.9 Å². The van der Waals surface area contributed by atoms with Gasteiger partial charge in [-0.15, -0.1) is 0 Å². The van der Waals surface area contributed by atoms with Gasteiger partial charge in [0.1, 0.15) is 18.2 Å². The van der Waals surface area contributed by atoms with E-state index >= 15 is 0 Å². The quantitative estimate of drug-likeness (QED) is 0.811. The van der Waals surface area contributed by atoms with Crippen molar-refractivity contribution in [2.24, 2.45) is 0 Å². The lowest BCUT2D eigenvalue weighted by Crippen LogP contribution is -1.96. The standard InChI is InChI=1S/C14H12BrFO/c1-10-2-4-11(5-3-10)9-17-14-8-12(16)6-7-13(14)15/h2-8H,9H2,1H3. The van der Waals surface area contributed by atoms with Crippen LogP contribution in [-0.2, 0) is 6.61 Å². The van der Waals surface area contributed by atoms with Crippen LogP contribution in [0.5, 0.6) is 5.75 Å². The van der Waals surface area contributed by atoms with Crippen LogP contribution in [0.25, 0.3) is 0 Å². The second-order valence-corrected chi connectivity index (χ2v) is 4.70. The molecule has 1 nitrogen and oxygen atoms in total. The van der Waals surface area contributed by atoms with Crippen molar-refractivity contribution in [1.29, 1.82) is 0 Å². The molecule has 0 saturated heterocycles. The summed E-state index contributed by atoms with van der Waals surface area (Å²) in [5, 5.41) is 0. The zero-order valence-corrected chi connectivity index (χ0v) is 11.0. The van der Waals surface area contributed by atoms with Gasteiger partial charge in [-0.1, -0.05) is 29.8 Å². The summed E-state index contributed by atoms with van der Waals surface area (Å²) in [4.78, 5) is 0. The molecule has 0 aliphatic carbocycles. The van der Waals surface area contributed by atoms with Crippen LogP contribution in [0.1, 0.15) is 11.1 Å². The first-order valence-electron chi connectivity index (χ1n) is 5.28. The van der Waals surface area contributed by atoms with Gasteiger partial charge in [-0.25, -0.2) is 4.39 Å². The molecule has 0 atom stereocenters. The molecule has 0 aromatic heterocycles. The molecule has 0 saturated carbocycles. The first-order chi connectivity index (χ1) is 8.15. The maximum atomic E-state index is 13.0. The summed E-state index contributed by atoms with van der Waals surface area (Å²) in [6.07, 6.45) is 0. The fourth-order valence-corrected chi connectivity index (χ4v) is 1.79. The highest BCUT2D eigenvalue weighted by atomic mass is 79.9. The van der Waals surface area contributed by atoms with Crippen LogP contribution < -0.4 is 4.74 Å². The molecule has 0 bridgehead atoms. The molecular weight excluding hydrogens is 283 g/mol. The van der Waals surface area contributed by atoms with Crippen molar-refractivity contribution in [3.8, 4) is 5.75 Å². The zero-order chi connectivity index (χ0) is 12.3. The van der Waals surface area contributed by atoms with Gasteiger partial charge >= 0.3 is 0 Å². The lowest BCUT2D eigenvalue weighted by molar-refractivity contribution is 0.302. The molecule has 0 aliphatic rings. The third-order valence-electron chi connectivity index (χ3n) is 2.41. The number of benzene rings is 2. The highest BCUT2D eigenvalue weighted by Crippen LogP contribution is 2.26. The van der Waals surface area contributed by atoms with Gasteiger partial charge in [0.25, 0.3) is 0 Å². The van der Waals surface area contributed by atoms with Gasteiger partial charge in [0.2, 0.25) is 0 Å². The van der Waals surface area contributed by atoms with Crippen molar-refractivity contribution in [2.75, 3.05) is 0 Å². The third-order valence-corrected chi connectivity index (χ3v) is 3.06. The Balaban J connectivity index is 2.07. The van der Waals surface area contributed by atoms with E-state index in [4.69, 9.17) is 4.74 Å². The Kier molecular flexibility index (Phi) is 3.79. The number of hydrogen-bond donors (Lipinski definition) is 0. The Morgan fingerprint density at radius 2 is 1.82 bits per heavy atom. The average Bonchev–Trinajstić information content (AvgIpc) is 2.32. The van der Waals surface area contributed by atoms with Gasteiger partial charge in [0.15, 0.2) is 0 Å². The molecule has 0 unspecified atom stereocenters. The fourth-order valence-electron chi connectivity index (χ4n) is 1.43. The number of rotatable bonds is 3. The Morgan fingerprint density at radius 1 is 1.12 bits per heavy atom. The molecule has 0 heterocycles. The van der Waals surface area contributed by atoms with Crippen LogP contribution in [0.15, 0.2) is 46.9 Å². The molecule has 17 heavy (non-hydrogen) atoms. The van der Waals surface area contributed by atoms with Gasteiger partial charge in [0, 0.05) is 6.07 Å². The summed E-state index contributed by atoms with van der Waals surface area (Å²) in [6, 6.07) is 12.5. The van der Waals surface area contributed by atoms with E-state index in [-0.39, 0.29) is 5.82 Å². The van der Waals surface area contributed by atoms with Crippen LogP contribution in [0.2, 0.25) is 0 Å². The largest absolute Gasteiger partial charge is 0.488 e. The first-order valence-corrected chi connectivity index (χ1v) is 6.08. The average molecular weight is 295 g/mol. The normalized spacial score (nSPS) is 10.3. The van der Waals surface area contributed by atoms with Gasteiger partial charge < -0.3 is 4.74 Å². The Bertz CT molecular complexity index is 508. The minimum Gasteiger partial charge on any atom is -0.488 e. The molecule has 0 radical (unpaired) electrons. The summed E-state index contributed by atoms with van der Waals surface area (Å²) >= 11 is 3.32. The topological polar surface area (TPSA) is 9.23 Å². The number of ether oxygens (including phenoxy) is 1. The summed E-state index contributed by atoms with van der Waals surface area (Å²) in [6.45, 7) is 2.47. The predicted molar refractivity (Wildman–Crippen MR) is 69.6 cm³/mol. The second-order valence-electron chi connectivity index (χ2n) is 3.85.